The van der Waals surface area contributed by atoms with Crippen LogP contribution in [0.1, 0.15) is 11.1 Å². The monoisotopic (exact) mass is 389 g/mol. The molecule has 3 N–H and O–H groups in total. The van der Waals surface area contributed by atoms with Crippen molar-refractivity contribution < 1.29 is 23.8 Å². The molecule has 2 aromatic rings. The molecule has 1 atom stereocenters. The van der Waals surface area contributed by atoms with E-state index in [1.54, 1.807) is 33.0 Å². The molecule has 0 spiro atoms. The summed E-state index contributed by atoms with van der Waals surface area (Å²) in [6.45, 7) is 3.45. The third-order valence-corrected chi connectivity index (χ3v) is 4.12. The number of hydrogen-bond donors (Lipinski definition) is 3. The number of carbonyl (C=O) groups excluding carboxylic acids is 2. The van der Waals surface area contributed by atoms with Crippen molar-refractivity contribution in [3.8, 4) is 0 Å². The van der Waals surface area contributed by atoms with E-state index in [2.05, 4.69) is 10.6 Å². The quantitative estimate of drug-likeness (QED) is 0.492. The minimum atomic E-state index is -0.551. The molecule has 0 heterocycles. The molecular weight excluding hydrogens is 367 g/mol. The van der Waals surface area contributed by atoms with Crippen LogP contribution < -0.4 is 15.5 Å². The Morgan fingerprint density at radius 2 is 1.68 bits per heavy atom. The number of amides is 2. The number of anilines is 2. The van der Waals surface area contributed by atoms with Crippen LogP contribution in [0.3, 0.4) is 0 Å². The Balaban J connectivity index is 1.95. The molecular formula is C19H22FN4O4+. The van der Waals surface area contributed by atoms with Gasteiger partial charge in [0, 0.05) is 11.8 Å². The Morgan fingerprint density at radius 3 is 2.29 bits per heavy atom. The van der Waals surface area contributed by atoms with Gasteiger partial charge in [-0.2, -0.15) is 0 Å². The van der Waals surface area contributed by atoms with Crippen LogP contribution >= 0.6 is 0 Å². The van der Waals surface area contributed by atoms with E-state index in [0.717, 1.165) is 11.1 Å². The summed E-state index contributed by atoms with van der Waals surface area (Å²) in [4.78, 5) is 35.5. The molecule has 0 aliphatic heterocycles. The van der Waals surface area contributed by atoms with E-state index < -0.39 is 16.6 Å². The topological polar surface area (TPSA) is 106 Å². The Kier molecular flexibility index (Phi) is 6.78. The lowest BCUT2D eigenvalue weighted by Gasteiger charge is -2.14. The standard InChI is InChI=1S/C19H21FN4O4/c1-12-7-16(17(24(27)28)8-13(12)2)22-19(26)11-23(3)10-18(25)21-15-6-4-5-14(20)9-15/h4-9H,10-11H2,1-3H3,(H,21,25)(H,22,26)/p+1. The number of carbonyl (C=O) groups is 2. The molecule has 0 aliphatic rings. The lowest BCUT2D eigenvalue weighted by molar-refractivity contribution is -0.862. The summed E-state index contributed by atoms with van der Waals surface area (Å²) in [5, 5.41) is 16.3. The Labute approximate surface area is 161 Å². The second-order valence-corrected chi connectivity index (χ2v) is 6.63. The smallest absolute Gasteiger partial charge is 0.293 e. The number of benzene rings is 2. The molecule has 2 amide bonds. The number of rotatable bonds is 7. The van der Waals surface area contributed by atoms with E-state index in [0.29, 0.717) is 10.6 Å². The SMILES string of the molecule is Cc1cc(NC(=O)C[NH+](C)CC(=O)Nc2cccc(F)c2)c([N+](=O)[O-])cc1C. The first-order valence-electron chi connectivity index (χ1n) is 8.58. The summed E-state index contributed by atoms with van der Waals surface area (Å²) < 4.78 is 13.1. The highest BCUT2D eigenvalue weighted by Crippen LogP contribution is 2.27. The van der Waals surface area contributed by atoms with Crippen molar-refractivity contribution in [1.82, 2.24) is 0 Å². The summed E-state index contributed by atoms with van der Waals surface area (Å²) in [7, 11) is 1.64. The van der Waals surface area contributed by atoms with Crippen LogP contribution in [0.5, 0.6) is 0 Å². The van der Waals surface area contributed by atoms with Gasteiger partial charge in [-0.15, -0.1) is 0 Å². The van der Waals surface area contributed by atoms with E-state index in [4.69, 9.17) is 0 Å². The number of halogens is 1. The van der Waals surface area contributed by atoms with Gasteiger partial charge in [-0.05, 0) is 49.2 Å². The fourth-order valence-electron chi connectivity index (χ4n) is 2.63. The van der Waals surface area contributed by atoms with E-state index in [1.807, 2.05) is 0 Å². The Bertz CT molecular complexity index is 917. The predicted octanol–water partition coefficient (Wildman–Crippen LogP) is 1.44. The Hall–Kier alpha value is -3.33. The highest BCUT2D eigenvalue weighted by molar-refractivity contribution is 5.94. The van der Waals surface area contributed by atoms with E-state index in [-0.39, 0.29) is 30.4 Å². The highest BCUT2D eigenvalue weighted by Gasteiger charge is 2.20. The van der Waals surface area contributed by atoms with Crippen LogP contribution in [0.4, 0.5) is 21.5 Å². The molecule has 0 aliphatic carbocycles. The molecule has 9 heteroatoms. The molecule has 0 saturated heterocycles. The van der Waals surface area contributed by atoms with Crippen LogP contribution in [-0.4, -0.2) is 36.9 Å². The third kappa shape index (κ3) is 5.85. The van der Waals surface area contributed by atoms with Crippen molar-refractivity contribution in [3.63, 3.8) is 0 Å². The average molecular weight is 389 g/mol. The van der Waals surface area contributed by atoms with Gasteiger partial charge >= 0.3 is 0 Å². The van der Waals surface area contributed by atoms with Crippen molar-refractivity contribution >= 4 is 28.9 Å². The van der Waals surface area contributed by atoms with Gasteiger partial charge in [0.25, 0.3) is 17.5 Å². The largest absolute Gasteiger partial charge is 0.322 e. The molecule has 0 radical (unpaired) electrons. The maximum absolute atomic E-state index is 13.1. The van der Waals surface area contributed by atoms with Crippen molar-refractivity contribution in [2.75, 3.05) is 30.8 Å². The zero-order valence-electron chi connectivity index (χ0n) is 15.8. The molecule has 0 aromatic heterocycles. The number of nitro benzene ring substituents is 1. The molecule has 2 rings (SSSR count). The molecule has 0 fully saturated rings. The minimum absolute atomic E-state index is 0.0288. The van der Waals surface area contributed by atoms with E-state index in [1.165, 1.54) is 24.3 Å². The maximum Gasteiger partial charge on any atom is 0.293 e. The summed E-state index contributed by atoms with van der Waals surface area (Å²) in [6.07, 6.45) is 0. The summed E-state index contributed by atoms with van der Waals surface area (Å²) in [5.74, 6) is -1.30. The third-order valence-electron chi connectivity index (χ3n) is 4.12. The Morgan fingerprint density at radius 1 is 1.07 bits per heavy atom. The fourth-order valence-corrected chi connectivity index (χ4v) is 2.63. The highest BCUT2D eigenvalue weighted by atomic mass is 19.1. The van der Waals surface area contributed by atoms with Crippen molar-refractivity contribution in [2.24, 2.45) is 0 Å². The van der Waals surface area contributed by atoms with Gasteiger partial charge in [0.2, 0.25) is 0 Å². The van der Waals surface area contributed by atoms with Crippen LogP contribution in [0.15, 0.2) is 36.4 Å². The van der Waals surface area contributed by atoms with Crippen LogP contribution in [-0.2, 0) is 9.59 Å². The van der Waals surface area contributed by atoms with Gasteiger partial charge in [-0.3, -0.25) is 19.7 Å². The van der Waals surface area contributed by atoms with E-state index in [9.17, 15) is 24.1 Å². The average Bonchev–Trinajstić information content (AvgIpc) is 2.57. The molecule has 28 heavy (non-hydrogen) atoms. The van der Waals surface area contributed by atoms with Gasteiger partial charge in [0.15, 0.2) is 13.1 Å². The first-order valence-corrected chi connectivity index (χ1v) is 8.58. The first-order chi connectivity index (χ1) is 13.2. The first kappa shape index (κ1) is 21.0. The molecule has 0 bridgehead atoms. The number of nitrogens with zero attached hydrogens (tertiary/aromatic N) is 1. The second kappa shape index (κ2) is 9.05. The van der Waals surface area contributed by atoms with Crippen LogP contribution in [0.25, 0.3) is 0 Å². The number of quaternary nitrogens is 1. The van der Waals surface area contributed by atoms with Crippen molar-refractivity contribution in [1.29, 1.82) is 0 Å². The number of nitro groups is 1. The zero-order valence-corrected chi connectivity index (χ0v) is 15.8. The van der Waals surface area contributed by atoms with E-state index >= 15 is 0 Å². The van der Waals surface area contributed by atoms with Gasteiger partial charge in [-0.1, -0.05) is 6.07 Å². The van der Waals surface area contributed by atoms with Crippen molar-refractivity contribution in [2.45, 2.75) is 13.8 Å². The fraction of sp³-hybridized carbons (Fsp3) is 0.263. The maximum atomic E-state index is 13.1. The zero-order chi connectivity index (χ0) is 20.8. The van der Waals surface area contributed by atoms with Crippen LogP contribution in [0, 0.1) is 29.8 Å². The molecule has 8 nitrogen and oxygen atoms in total. The summed E-state index contributed by atoms with van der Waals surface area (Å²) in [5.41, 5.74) is 1.83. The summed E-state index contributed by atoms with van der Waals surface area (Å²) in [6, 6.07) is 8.46. The normalized spacial score (nSPS) is 11.6. The lowest BCUT2D eigenvalue weighted by atomic mass is 10.1. The number of aryl methyl sites for hydroxylation is 2. The predicted molar refractivity (Wildman–Crippen MR) is 103 cm³/mol. The second-order valence-electron chi connectivity index (χ2n) is 6.63. The lowest BCUT2D eigenvalue weighted by Crippen LogP contribution is -3.11. The number of nitrogens with one attached hydrogen (secondary N) is 3. The molecule has 2 aromatic carbocycles. The van der Waals surface area contributed by atoms with Crippen LogP contribution in [0.2, 0.25) is 0 Å². The van der Waals surface area contributed by atoms with Gasteiger partial charge < -0.3 is 15.5 Å². The number of hydrogen-bond acceptors (Lipinski definition) is 4. The summed E-state index contributed by atoms with van der Waals surface area (Å²) >= 11 is 0. The molecule has 0 saturated carbocycles. The number of likely N-dealkylation sites (N-methyl/N-ethyl adjacent to an activating group) is 1. The van der Waals surface area contributed by atoms with Gasteiger partial charge in [0.1, 0.15) is 11.5 Å². The van der Waals surface area contributed by atoms with Gasteiger partial charge in [0.05, 0.1) is 12.0 Å². The minimum Gasteiger partial charge on any atom is -0.322 e. The molecule has 1 unspecified atom stereocenters. The molecule has 148 valence electrons. The van der Waals surface area contributed by atoms with Crippen molar-refractivity contribution in [3.05, 3.63) is 63.5 Å². The van der Waals surface area contributed by atoms with Gasteiger partial charge in [-0.25, -0.2) is 4.39 Å².